The Morgan fingerprint density at radius 2 is 2.08 bits per heavy atom. The summed E-state index contributed by atoms with van der Waals surface area (Å²) in [5.74, 6) is -1.47. The first-order chi connectivity index (χ1) is 5.52. The molecule has 0 atom stereocenters. The minimum absolute atomic E-state index is 0.469. The number of hydrogen-bond donors (Lipinski definition) is 1. The molecule has 0 saturated carbocycles. The van der Waals surface area contributed by atoms with Gasteiger partial charge in [0.2, 0.25) is 0 Å². The van der Waals surface area contributed by atoms with Gasteiger partial charge in [0.05, 0.1) is 5.56 Å². The van der Waals surface area contributed by atoms with Crippen LogP contribution in [0.3, 0.4) is 0 Å². The van der Waals surface area contributed by atoms with E-state index in [1.54, 1.807) is 0 Å². The van der Waals surface area contributed by atoms with E-state index in [-0.39, 0.29) is 0 Å². The van der Waals surface area contributed by atoms with E-state index < -0.39 is 28.8 Å². The lowest BCUT2D eigenvalue weighted by Crippen LogP contribution is -1.99. The van der Waals surface area contributed by atoms with E-state index in [9.17, 15) is 13.2 Å². The Kier molecular flexibility index (Phi) is 2.42. The largest absolute Gasteiger partial charge is 0.381 e. The third-order valence-electron chi connectivity index (χ3n) is 1.22. The normalized spacial score (nSPS) is 10.8. The van der Waals surface area contributed by atoms with Crippen molar-refractivity contribution in [1.29, 1.82) is 0 Å². The average Bonchev–Trinajstić information content (AvgIpc) is 1.96. The topological polar surface area (TPSA) is 38.9 Å². The number of anilines is 1. The maximum atomic E-state index is 12.5. The summed E-state index contributed by atoms with van der Waals surface area (Å²) in [7, 11) is 0. The molecule has 2 nitrogen and oxygen atoms in total. The van der Waals surface area contributed by atoms with Crippen LogP contribution in [0.4, 0.5) is 19.0 Å². The predicted molar refractivity (Wildman–Crippen MR) is 38.6 cm³/mol. The maximum Gasteiger partial charge on any atom is 0.266 e. The molecule has 66 valence electrons. The molecule has 0 aliphatic carbocycles. The number of aromatic nitrogens is 1. The van der Waals surface area contributed by atoms with Crippen molar-refractivity contribution in [3.63, 3.8) is 0 Å². The molecule has 0 radical (unpaired) electrons. The Balaban J connectivity index is 3.23. The lowest BCUT2D eigenvalue weighted by atomic mass is 10.3. The van der Waals surface area contributed by atoms with Crippen LogP contribution in [0, 0.1) is 5.82 Å². The minimum atomic E-state index is -2.85. The van der Waals surface area contributed by atoms with Gasteiger partial charge < -0.3 is 5.73 Å². The smallest absolute Gasteiger partial charge is 0.266 e. The quantitative estimate of drug-likeness (QED) is 0.701. The third-order valence-corrected chi connectivity index (χ3v) is 1.52. The van der Waals surface area contributed by atoms with Crippen molar-refractivity contribution >= 4 is 17.4 Å². The van der Waals surface area contributed by atoms with Crippen LogP contribution >= 0.6 is 11.6 Å². The van der Waals surface area contributed by atoms with Gasteiger partial charge in [-0.2, -0.15) is 0 Å². The number of pyridine rings is 1. The molecular formula is C6H4ClF3N2. The highest BCUT2D eigenvalue weighted by atomic mass is 35.5. The third kappa shape index (κ3) is 1.61. The Labute approximate surface area is 71.2 Å². The maximum absolute atomic E-state index is 12.5. The number of alkyl halides is 2. The van der Waals surface area contributed by atoms with Gasteiger partial charge in [-0.15, -0.1) is 0 Å². The first-order valence-corrected chi connectivity index (χ1v) is 3.29. The molecular weight excluding hydrogens is 193 g/mol. The lowest BCUT2D eigenvalue weighted by Gasteiger charge is -2.03. The van der Waals surface area contributed by atoms with Gasteiger partial charge in [0.25, 0.3) is 6.43 Å². The van der Waals surface area contributed by atoms with Crippen molar-refractivity contribution in [2.45, 2.75) is 6.43 Å². The fourth-order valence-electron chi connectivity index (χ4n) is 0.647. The van der Waals surface area contributed by atoms with Crippen molar-refractivity contribution in [1.82, 2.24) is 4.98 Å². The van der Waals surface area contributed by atoms with E-state index in [0.717, 1.165) is 0 Å². The number of nitrogen functional groups attached to an aromatic ring is 1. The van der Waals surface area contributed by atoms with Gasteiger partial charge in [0.15, 0.2) is 11.6 Å². The molecule has 0 spiro atoms. The average molecular weight is 197 g/mol. The number of halogens is 4. The summed E-state index contributed by atoms with van der Waals surface area (Å²) in [5, 5.41) is -0.469. The van der Waals surface area contributed by atoms with Crippen molar-refractivity contribution in [3.05, 3.63) is 22.6 Å². The van der Waals surface area contributed by atoms with Crippen LogP contribution in [0.15, 0.2) is 6.07 Å². The molecule has 0 amide bonds. The van der Waals surface area contributed by atoms with Crippen molar-refractivity contribution < 1.29 is 13.2 Å². The summed E-state index contributed by atoms with van der Waals surface area (Å²) in [6.07, 6.45) is -2.85. The lowest BCUT2D eigenvalue weighted by molar-refractivity contribution is 0.150. The van der Waals surface area contributed by atoms with Gasteiger partial charge in [-0.25, -0.2) is 18.2 Å². The number of rotatable bonds is 1. The molecule has 0 aliphatic rings. The van der Waals surface area contributed by atoms with Crippen LogP contribution in [0.25, 0.3) is 0 Å². The first-order valence-electron chi connectivity index (χ1n) is 2.92. The van der Waals surface area contributed by atoms with Gasteiger partial charge in [-0.05, 0) is 6.07 Å². The predicted octanol–water partition coefficient (Wildman–Crippen LogP) is 2.39. The summed E-state index contributed by atoms with van der Waals surface area (Å²) < 4.78 is 36.6. The molecule has 0 saturated heterocycles. The standard InChI is InChI=1S/C6H4ClF3N2/c7-4-2(5(9)10)1-3(8)6(11)12-4/h1,5H,(H2,11,12). The first kappa shape index (κ1) is 9.12. The fourth-order valence-corrected chi connectivity index (χ4v) is 0.875. The van der Waals surface area contributed by atoms with Crippen LogP contribution in [0.2, 0.25) is 5.15 Å². The van der Waals surface area contributed by atoms with Crippen LogP contribution < -0.4 is 5.73 Å². The van der Waals surface area contributed by atoms with E-state index in [4.69, 9.17) is 17.3 Å². The van der Waals surface area contributed by atoms with E-state index in [0.29, 0.717) is 6.07 Å². The van der Waals surface area contributed by atoms with E-state index >= 15 is 0 Å². The Morgan fingerprint density at radius 1 is 1.50 bits per heavy atom. The van der Waals surface area contributed by atoms with Crippen molar-refractivity contribution in [2.75, 3.05) is 5.73 Å². The Bertz CT molecular complexity index is 303. The van der Waals surface area contributed by atoms with E-state index in [1.165, 1.54) is 0 Å². The summed E-state index contributed by atoms with van der Waals surface area (Å²) in [6, 6.07) is 0.579. The SMILES string of the molecule is Nc1nc(Cl)c(C(F)F)cc1F. The highest BCUT2D eigenvalue weighted by Gasteiger charge is 2.15. The zero-order chi connectivity index (χ0) is 9.30. The van der Waals surface area contributed by atoms with Gasteiger partial charge >= 0.3 is 0 Å². The second-order valence-electron chi connectivity index (χ2n) is 2.04. The fraction of sp³-hybridized carbons (Fsp3) is 0.167. The summed E-state index contributed by atoms with van der Waals surface area (Å²) >= 11 is 5.26. The van der Waals surface area contributed by atoms with Gasteiger partial charge in [-0.1, -0.05) is 11.6 Å². The second-order valence-corrected chi connectivity index (χ2v) is 2.39. The van der Waals surface area contributed by atoms with Crippen LogP contribution in [0.5, 0.6) is 0 Å². The Hall–Kier alpha value is -0.970. The van der Waals surface area contributed by atoms with Crippen LogP contribution in [0.1, 0.15) is 12.0 Å². The zero-order valence-electron chi connectivity index (χ0n) is 5.69. The van der Waals surface area contributed by atoms with Crippen LogP contribution in [-0.4, -0.2) is 4.98 Å². The second kappa shape index (κ2) is 3.18. The molecule has 12 heavy (non-hydrogen) atoms. The van der Waals surface area contributed by atoms with Gasteiger partial charge in [0.1, 0.15) is 5.15 Å². The molecule has 0 unspecified atom stereocenters. The van der Waals surface area contributed by atoms with Crippen LogP contribution in [-0.2, 0) is 0 Å². The van der Waals surface area contributed by atoms with E-state index in [1.807, 2.05) is 0 Å². The molecule has 2 N–H and O–H groups in total. The molecule has 6 heteroatoms. The van der Waals surface area contributed by atoms with Gasteiger partial charge in [-0.3, -0.25) is 0 Å². The van der Waals surface area contributed by atoms with Crippen molar-refractivity contribution in [3.8, 4) is 0 Å². The zero-order valence-corrected chi connectivity index (χ0v) is 6.45. The monoisotopic (exact) mass is 196 g/mol. The number of hydrogen-bond acceptors (Lipinski definition) is 2. The number of nitrogens with zero attached hydrogens (tertiary/aromatic N) is 1. The molecule has 0 aromatic carbocycles. The molecule has 0 bridgehead atoms. The highest BCUT2D eigenvalue weighted by molar-refractivity contribution is 6.30. The van der Waals surface area contributed by atoms with E-state index in [2.05, 4.69) is 4.98 Å². The molecule has 0 fully saturated rings. The highest BCUT2D eigenvalue weighted by Crippen LogP contribution is 2.27. The summed E-state index contributed by atoms with van der Waals surface area (Å²) in [6.45, 7) is 0. The molecule has 1 aromatic rings. The molecule has 0 aliphatic heterocycles. The van der Waals surface area contributed by atoms with Gasteiger partial charge in [0, 0.05) is 0 Å². The molecule has 1 aromatic heterocycles. The van der Waals surface area contributed by atoms with Crippen molar-refractivity contribution in [2.24, 2.45) is 0 Å². The number of nitrogens with two attached hydrogens (primary N) is 1. The molecule has 1 rings (SSSR count). The Morgan fingerprint density at radius 3 is 2.58 bits per heavy atom. The molecule has 1 heterocycles. The summed E-state index contributed by atoms with van der Waals surface area (Å²) in [5.41, 5.74) is 4.32. The summed E-state index contributed by atoms with van der Waals surface area (Å²) in [4.78, 5) is 3.18. The minimum Gasteiger partial charge on any atom is -0.381 e.